The van der Waals surface area contributed by atoms with E-state index in [0.717, 1.165) is 0 Å². The molecule has 0 aliphatic rings. The summed E-state index contributed by atoms with van der Waals surface area (Å²) in [6.45, 7) is 12.6. The second kappa shape index (κ2) is 4.30. The lowest BCUT2D eigenvalue weighted by Crippen LogP contribution is -3.02. The molecule has 0 saturated carbocycles. The summed E-state index contributed by atoms with van der Waals surface area (Å²) in [4.78, 5) is 11.7. The quantitative estimate of drug-likeness (QED) is 0.672. The molecule has 0 fully saturated rings. The van der Waals surface area contributed by atoms with E-state index in [9.17, 15) is 4.79 Å². The third kappa shape index (κ3) is 4.61. The molecule has 0 saturated heterocycles. The minimum Gasteiger partial charge on any atom is -0.354 e. The Morgan fingerprint density at radius 1 is 1.14 bits per heavy atom. The molecule has 0 bridgehead atoms. The lowest BCUT2D eigenvalue weighted by molar-refractivity contribution is -0.745. The predicted molar refractivity (Wildman–Crippen MR) is 59.0 cm³/mol. The smallest absolute Gasteiger partial charge is 0.278 e. The Morgan fingerprint density at radius 2 is 1.57 bits per heavy atom. The monoisotopic (exact) mass is 201 g/mol. The number of likely N-dealkylation sites (N-methyl/N-ethyl adjacent to an activating group) is 1. The summed E-state index contributed by atoms with van der Waals surface area (Å²) < 4.78 is 0. The number of nitrogens with two attached hydrogens (primary N) is 1. The molecule has 0 unspecified atom stereocenters. The molecule has 3 N–H and O–H groups in total. The molecule has 14 heavy (non-hydrogen) atoms. The van der Waals surface area contributed by atoms with Gasteiger partial charge >= 0.3 is 0 Å². The Bertz CT molecular complexity index is 198. The van der Waals surface area contributed by atoms with Gasteiger partial charge in [-0.3, -0.25) is 4.79 Å². The second-order valence-electron chi connectivity index (χ2n) is 5.99. The van der Waals surface area contributed by atoms with E-state index in [0.29, 0.717) is 0 Å². The number of hydrogen-bond acceptors (Lipinski definition) is 1. The van der Waals surface area contributed by atoms with Gasteiger partial charge in [-0.1, -0.05) is 20.8 Å². The molecule has 0 aromatic carbocycles. The number of rotatable bonds is 2. The van der Waals surface area contributed by atoms with Crippen LogP contribution in [0.15, 0.2) is 0 Å². The average Bonchev–Trinajstić information content (AvgIpc) is 1.95. The summed E-state index contributed by atoms with van der Waals surface area (Å²) >= 11 is 0. The van der Waals surface area contributed by atoms with E-state index in [2.05, 4.69) is 52.2 Å². The number of quaternary nitrogens is 1. The maximum Gasteiger partial charge on any atom is 0.278 e. The van der Waals surface area contributed by atoms with Gasteiger partial charge in [0.25, 0.3) is 5.91 Å². The van der Waals surface area contributed by atoms with E-state index < -0.39 is 0 Å². The first kappa shape index (κ1) is 13.4. The molecule has 0 aromatic heterocycles. The van der Waals surface area contributed by atoms with Crippen LogP contribution in [0.4, 0.5) is 0 Å². The predicted octanol–water partition coefficient (Wildman–Crippen LogP) is 0.509. The molecule has 0 heterocycles. The van der Waals surface area contributed by atoms with Crippen LogP contribution in [0.25, 0.3) is 0 Å². The van der Waals surface area contributed by atoms with Crippen molar-refractivity contribution in [2.75, 3.05) is 7.05 Å². The highest BCUT2D eigenvalue weighted by atomic mass is 16.2. The van der Waals surface area contributed by atoms with Crippen LogP contribution in [0.5, 0.6) is 0 Å². The van der Waals surface area contributed by atoms with Crippen molar-refractivity contribution < 1.29 is 10.1 Å². The molecule has 0 spiro atoms. The van der Waals surface area contributed by atoms with E-state index in [4.69, 9.17) is 0 Å². The number of nitrogens with one attached hydrogen (secondary N) is 1. The number of carbonyl (C=O) groups excluding carboxylic acids is 1. The highest BCUT2D eigenvalue weighted by Crippen LogP contribution is 2.17. The van der Waals surface area contributed by atoms with Gasteiger partial charge < -0.3 is 10.6 Å². The zero-order chi connectivity index (χ0) is 11.6. The van der Waals surface area contributed by atoms with Gasteiger partial charge in [0.2, 0.25) is 0 Å². The first-order chi connectivity index (χ1) is 6.08. The zero-order valence-electron chi connectivity index (χ0n) is 10.6. The van der Waals surface area contributed by atoms with Gasteiger partial charge in [-0.05, 0) is 20.8 Å². The Kier molecular flexibility index (Phi) is 4.13. The van der Waals surface area contributed by atoms with Crippen LogP contribution in [0.1, 0.15) is 41.5 Å². The Hall–Kier alpha value is -0.570. The Balaban J connectivity index is 4.67. The Morgan fingerprint density at radius 3 is 1.79 bits per heavy atom. The van der Waals surface area contributed by atoms with E-state index in [1.165, 1.54) is 0 Å². The van der Waals surface area contributed by atoms with Crippen LogP contribution in [-0.4, -0.2) is 24.5 Å². The van der Waals surface area contributed by atoms with Crippen LogP contribution in [-0.2, 0) is 4.79 Å². The molecule has 0 aromatic rings. The largest absolute Gasteiger partial charge is 0.354 e. The minimum absolute atomic E-state index is 0.0205. The van der Waals surface area contributed by atoms with Gasteiger partial charge in [0.05, 0.1) is 5.54 Å². The lowest BCUT2D eigenvalue weighted by atomic mass is 9.84. The SMILES string of the molecule is CNC(=O)[C@H]([NH2+]C(C)(C)C)C(C)(C)C. The van der Waals surface area contributed by atoms with Gasteiger partial charge in [0.1, 0.15) is 0 Å². The highest BCUT2D eigenvalue weighted by molar-refractivity contribution is 5.80. The average molecular weight is 201 g/mol. The van der Waals surface area contributed by atoms with Crippen molar-refractivity contribution in [3.63, 3.8) is 0 Å². The molecule has 0 aliphatic heterocycles. The van der Waals surface area contributed by atoms with Crippen LogP contribution in [0, 0.1) is 5.41 Å². The molecule has 3 nitrogen and oxygen atoms in total. The normalized spacial score (nSPS) is 15.1. The number of carbonyl (C=O) groups is 1. The van der Waals surface area contributed by atoms with Gasteiger partial charge in [0.15, 0.2) is 6.04 Å². The maximum atomic E-state index is 11.7. The third-order valence-corrected chi connectivity index (χ3v) is 2.13. The van der Waals surface area contributed by atoms with E-state index in [1.807, 2.05) is 0 Å². The summed E-state index contributed by atoms with van der Waals surface area (Å²) in [6.07, 6.45) is 0. The van der Waals surface area contributed by atoms with Gasteiger partial charge in [-0.25, -0.2) is 0 Å². The fourth-order valence-electron chi connectivity index (χ4n) is 1.37. The third-order valence-electron chi connectivity index (χ3n) is 2.13. The van der Waals surface area contributed by atoms with Crippen LogP contribution >= 0.6 is 0 Å². The molecule has 0 radical (unpaired) electrons. The van der Waals surface area contributed by atoms with Crippen molar-refractivity contribution in [1.29, 1.82) is 0 Å². The first-order valence-electron chi connectivity index (χ1n) is 5.15. The summed E-state index contributed by atoms with van der Waals surface area (Å²) in [7, 11) is 1.69. The van der Waals surface area contributed by atoms with Gasteiger partial charge in [-0.15, -0.1) is 0 Å². The molecule has 3 heteroatoms. The first-order valence-corrected chi connectivity index (χ1v) is 5.15. The molecule has 0 aliphatic carbocycles. The van der Waals surface area contributed by atoms with E-state index >= 15 is 0 Å². The summed E-state index contributed by atoms with van der Waals surface area (Å²) in [6, 6.07) is -0.0347. The number of amides is 1. The highest BCUT2D eigenvalue weighted by Gasteiger charge is 2.37. The van der Waals surface area contributed by atoms with E-state index in [1.54, 1.807) is 7.05 Å². The van der Waals surface area contributed by atoms with Crippen molar-refractivity contribution in [1.82, 2.24) is 5.32 Å². The van der Waals surface area contributed by atoms with Crippen LogP contribution < -0.4 is 10.6 Å². The zero-order valence-corrected chi connectivity index (χ0v) is 10.6. The lowest BCUT2D eigenvalue weighted by Gasteiger charge is -2.32. The fourth-order valence-corrected chi connectivity index (χ4v) is 1.37. The topological polar surface area (TPSA) is 45.7 Å². The van der Waals surface area contributed by atoms with Crippen molar-refractivity contribution in [2.45, 2.75) is 53.1 Å². The minimum atomic E-state index is -0.0347. The fraction of sp³-hybridized carbons (Fsp3) is 0.909. The molecule has 1 amide bonds. The molecule has 0 rings (SSSR count). The maximum absolute atomic E-state index is 11.7. The van der Waals surface area contributed by atoms with Crippen molar-refractivity contribution in [3.8, 4) is 0 Å². The van der Waals surface area contributed by atoms with E-state index in [-0.39, 0.29) is 22.9 Å². The molecular formula is C11H25N2O+. The van der Waals surface area contributed by atoms with Gasteiger partial charge in [0, 0.05) is 12.5 Å². The second-order valence-corrected chi connectivity index (χ2v) is 5.99. The molecule has 1 atom stereocenters. The number of hydrogen-bond donors (Lipinski definition) is 2. The standard InChI is InChI=1S/C11H24N2O/c1-10(2,3)8(9(14)12-7)13-11(4,5)6/h8,13H,1-7H3,(H,12,14)/p+1/t8-/m0/s1. The summed E-state index contributed by atoms with van der Waals surface area (Å²) in [5.41, 5.74) is 0.0534. The molecule has 84 valence electrons. The van der Waals surface area contributed by atoms with Crippen LogP contribution in [0.3, 0.4) is 0 Å². The van der Waals surface area contributed by atoms with Crippen molar-refractivity contribution in [2.24, 2.45) is 5.41 Å². The van der Waals surface area contributed by atoms with Crippen LogP contribution in [0.2, 0.25) is 0 Å². The van der Waals surface area contributed by atoms with Gasteiger partial charge in [-0.2, -0.15) is 0 Å². The molecular weight excluding hydrogens is 176 g/mol. The Labute approximate surface area is 87.6 Å². The summed E-state index contributed by atoms with van der Waals surface area (Å²) in [5.74, 6) is 0.104. The summed E-state index contributed by atoms with van der Waals surface area (Å²) in [5, 5.41) is 4.85. The van der Waals surface area contributed by atoms with Crippen molar-refractivity contribution in [3.05, 3.63) is 0 Å². The van der Waals surface area contributed by atoms with Crippen molar-refractivity contribution >= 4 is 5.91 Å².